The smallest absolute Gasteiger partial charge is 0.266 e. The maximum Gasteiger partial charge on any atom is 0.266 e. The molecule has 116 valence electrons. The van der Waals surface area contributed by atoms with Gasteiger partial charge in [-0.25, -0.2) is 0 Å². The molecule has 0 radical (unpaired) electrons. The maximum atomic E-state index is 12.7. The summed E-state index contributed by atoms with van der Waals surface area (Å²) in [6, 6.07) is 9.58. The Labute approximate surface area is 132 Å². The van der Waals surface area contributed by atoms with Crippen molar-refractivity contribution in [3.05, 3.63) is 58.8 Å². The van der Waals surface area contributed by atoms with Crippen LogP contribution in [0.1, 0.15) is 19.1 Å². The third kappa shape index (κ3) is 2.16. The Kier molecular flexibility index (Phi) is 3.08. The summed E-state index contributed by atoms with van der Waals surface area (Å²) in [5.74, 6) is 0.742. The van der Waals surface area contributed by atoms with Crippen molar-refractivity contribution in [3.63, 3.8) is 0 Å². The van der Waals surface area contributed by atoms with E-state index in [1.165, 1.54) is 0 Å². The molecule has 0 saturated heterocycles. The van der Waals surface area contributed by atoms with Gasteiger partial charge in [-0.2, -0.15) is 5.10 Å². The zero-order valence-corrected chi connectivity index (χ0v) is 13.1. The number of aromatic nitrogens is 3. The third-order valence-electron chi connectivity index (χ3n) is 4.05. The Morgan fingerprint density at radius 2 is 2.09 bits per heavy atom. The minimum absolute atomic E-state index is 0.0698. The second-order valence-corrected chi connectivity index (χ2v) is 5.74. The Bertz CT molecular complexity index is 1070. The van der Waals surface area contributed by atoms with E-state index in [9.17, 15) is 4.79 Å². The quantitative estimate of drug-likeness (QED) is 0.580. The molecule has 0 aliphatic rings. The lowest BCUT2D eigenvalue weighted by Crippen LogP contribution is -2.16. The van der Waals surface area contributed by atoms with E-state index in [1.807, 2.05) is 42.1 Å². The van der Waals surface area contributed by atoms with Crippen molar-refractivity contribution in [2.45, 2.75) is 26.8 Å². The zero-order chi connectivity index (χ0) is 16.0. The van der Waals surface area contributed by atoms with Crippen LogP contribution in [0.4, 0.5) is 0 Å². The molecular weight excluding hydrogens is 290 g/mol. The van der Waals surface area contributed by atoms with Crippen molar-refractivity contribution in [2.24, 2.45) is 0 Å². The van der Waals surface area contributed by atoms with Gasteiger partial charge in [-0.15, -0.1) is 0 Å². The average molecular weight is 307 g/mol. The Morgan fingerprint density at radius 3 is 2.91 bits per heavy atom. The molecule has 4 aromatic rings. The first-order valence-corrected chi connectivity index (χ1v) is 7.75. The van der Waals surface area contributed by atoms with Gasteiger partial charge in [0.15, 0.2) is 0 Å². The lowest BCUT2D eigenvalue weighted by Gasteiger charge is -2.06. The van der Waals surface area contributed by atoms with Crippen molar-refractivity contribution in [1.29, 1.82) is 0 Å². The van der Waals surface area contributed by atoms with E-state index in [1.54, 1.807) is 16.8 Å². The van der Waals surface area contributed by atoms with Crippen LogP contribution in [-0.2, 0) is 6.54 Å². The molecule has 4 rings (SSSR count). The van der Waals surface area contributed by atoms with Crippen molar-refractivity contribution >= 4 is 21.9 Å². The summed E-state index contributed by atoms with van der Waals surface area (Å²) in [5, 5.41) is 6.05. The predicted molar refractivity (Wildman–Crippen MR) is 90.1 cm³/mol. The van der Waals surface area contributed by atoms with Crippen LogP contribution >= 0.6 is 0 Å². The average Bonchev–Trinajstić information content (AvgIpc) is 3.11. The second kappa shape index (κ2) is 5.12. The highest BCUT2D eigenvalue weighted by molar-refractivity contribution is 5.81. The normalized spacial score (nSPS) is 11.6. The molecule has 3 aromatic heterocycles. The number of benzene rings is 1. The topological polar surface area (TPSA) is 53.0 Å². The van der Waals surface area contributed by atoms with Gasteiger partial charge in [0.05, 0.1) is 17.1 Å². The van der Waals surface area contributed by atoms with E-state index in [0.717, 1.165) is 35.3 Å². The van der Waals surface area contributed by atoms with E-state index in [-0.39, 0.29) is 5.56 Å². The van der Waals surface area contributed by atoms with Gasteiger partial charge < -0.3 is 4.42 Å². The zero-order valence-electron chi connectivity index (χ0n) is 13.1. The minimum Gasteiger partial charge on any atom is -0.461 e. The molecule has 5 nitrogen and oxygen atoms in total. The van der Waals surface area contributed by atoms with Gasteiger partial charge in [-0.05, 0) is 43.7 Å². The van der Waals surface area contributed by atoms with Crippen LogP contribution in [0, 0.1) is 6.92 Å². The van der Waals surface area contributed by atoms with E-state index in [4.69, 9.17) is 4.42 Å². The van der Waals surface area contributed by atoms with Crippen LogP contribution in [-0.4, -0.2) is 14.3 Å². The Balaban J connectivity index is 1.88. The maximum absolute atomic E-state index is 12.7. The van der Waals surface area contributed by atoms with Crippen LogP contribution in [0.5, 0.6) is 0 Å². The summed E-state index contributed by atoms with van der Waals surface area (Å²) < 4.78 is 9.15. The van der Waals surface area contributed by atoms with Gasteiger partial charge in [0, 0.05) is 23.8 Å². The molecule has 1 aromatic carbocycles. The molecule has 0 bridgehead atoms. The highest BCUT2D eigenvalue weighted by Gasteiger charge is 2.10. The fourth-order valence-electron chi connectivity index (χ4n) is 2.98. The summed E-state index contributed by atoms with van der Waals surface area (Å²) in [6.07, 6.45) is 4.64. The van der Waals surface area contributed by atoms with E-state index in [2.05, 4.69) is 12.0 Å². The third-order valence-corrected chi connectivity index (χ3v) is 4.05. The fourth-order valence-corrected chi connectivity index (χ4v) is 2.98. The van der Waals surface area contributed by atoms with E-state index >= 15 is 0 Å². The number of aryl methyl sites for hydroxylation is 2. The molecule has 0 atom stereocenters. The van der Waals surface area contributed by atoms with E-state index < -0.39 is 0 Å². The van der Waals surface area contributed by atoms with Gasteiger partial charge >= 0.3 is 0 Å². The number of hydrogen-bond donors (Lipinski definition) is 0. The number of fused-ring (bicyclic) bond motifs is 2. The number of nitrogens with zero attached hydrogens (tertiary/aromatic N) is 3. The second-order valence-electron chi connectivity index (χ2n) is 5.74. The molecule has 0 saturated carbocycles. The first kappa shape index (κ1) is 13.8. The lowest BCUT2D eigenvalue weighted by molar-refractivity contribution is 0.578. The molecule has 0 amide bonds. The van der Waals surface area contributed by atoms with Gasteiger partial charge in [-0.1, -0.05) is 6.92 Å². The molecule has 5 heteroatoms. The highest BCUT2D eigenvalue weighted by Crippen LogP contribution is 2.20. The summed E-state index contributed by atoms with van der Waals surface area (Å²) in [7, 11) is 0. The molecule has 0 unspecified atom stereocenters. The summed E-state index contributed by atoms with van der Waals surface area (Å²) >= 11 is 0. The van der Waals surface area contributed by atoms with Crippen LogP contribution < -0.4 is 5.56 Å². The molecule has 0 aliphatic heterocycles. The molecule has 3 heterocycles. The van der Waals surface area contributed by atoms with Gasteiger partial charge in [0.25, 0.3) is 5.56 Å². The van der Waals surface area contributed by atoms with Gasteiger partial charge in [0.1, 0.15) is 11.3 Å². The van der Waals surface area contributed by atoms with Crippen LogP contribution in [0.15, 0.2) is 51.9 Å². The largest absolute Gasteiger partial charge is 0.461 e. The van der Waals surface area contributed by atoms with Gasteiger partial charge in [-0.3, -0.25) is 14.0 Å². The number of rotatable bonds is 3. The van der Waals surface area contributed by atoms with Crippen molar-refractivity contribution in [1.82, 2.24) is 14.3 Å². The van der Waals surface area contributed by atoms with Crippen LogP contribution in [0.25, 0.3) is 27.6 Å². The van der Waals surface area contributed by atoms with Crippen molar-refractivity contribution in [3.8, 4) is 5.69 Å². The van der Waals surface area contributed by atoms with Crippen molar-refractivity contribution in [2.75, 3.05) is 0 Å². The molecule has 0 N–H and O–H groups in total. The number of hydrogen-bond acceptors (Lipinski definition) is 3. The van der Waals surface area contributed by atoms with Crippen LogP contribution in [0.2, 0.25) is 0 Å². The van der Waals surface area contributed by atoms with Gasteiger partial charge in [0.2, 0.25) is 0 Å². The fraction of sp³-hybridized carbons (Fsp3) is 0.222. The monoisotopic (exact) mass is 307 g/mol. The summed E-state index contributed by atoms with van der Waals surface area (Å²) in [4.78, 5) is 12.7. The van der Waals surface area contributed by atoms with Crippen molar-refractivity contribution < 1.29 is 4.42 Å². The molecule has 0 spiro atoms. The summed E-state index contributed by atoms with van der Waals surface area (Å²) in [6.45, 7) is 4.87. The standard InChI is InChI=1S/C18H17N3O2/c1-3-7-21-16-5-4-14(10-13(16)11-19-21)20-8-6-17-15(18(20)22)9-12(2)23-17/h4-6,8-11H,3,7H2,1-2H3. The first-order chi connectivity index (χ1) is 11.2. The first-order valence-electron chi connectivity index (χ1n) is 7.75. The SMILES string of the molecule is CCCn1ncc2cc(-n3ccc4oc(C)cc4c3=O)ccc21. The van der Waals surface area contributed by atoms with Crippen LogP contribution in [0.3, 0.4) is 0 Å². The number of pyridine rings is 1. The van der Waals surface area contributed by atoms with E-state index in [0.29, 0.717) is 11.0 Å². The molecular formula is C18H17N3O2. The number of furan rings is 1. The summed E-state index contributed by atoms with van der Waals surface area (Å²) in [5.41, 5.74) is 2.48. The highest BCUT2D eigenvalue weighted by atomic mass is 16.3. The molecule has 0 aliphatic carbocycles. The Morgan fingerprint density at radius 1 is 1.22 bits per heavy atom. The lowest BCUT2D eigenvalue weighted by atomic mass is 10.2. The predicted octanol–water partition coefficient (Wildman–Crippen LogP) is 3.65. The molecule has 0 fully saturated rings. The molecule has 23 heavy (non-hydrogen) atoms. The minimum atomic E-state index is -0.0698. The Hall–Kier alpha value is -2.82.